The fourth-order valence-electron chi connectivity index (χ4n) is 5.39. The molecular formula is C27H32F3N7O5S. The number of nitrogens with one attached hydrogen (secondary N) is 2. The molecule has 232 valence electrons. The Morgan fingerprint density at radius 3 is 2.58 bits per heavy atom. The fourth-order valence-corrected chi connectivity index (χ4v) is 6.66. The van der Waals surface area contributed by atoms with E-state index in [-0.39, 0.29) is 48.0 Å². The van der Waals surface area contributed by atoms with Crippen molar-refractivity contribution in [2.24, 2.45) is 7.05 Å². The van der Waals surface area contributed by atoms with Crippen molar-refractivity contribution in [2.75, 3.05) is 42.8 Å². The van der Waals surface area contributed by atoms with Gasteiger partial charge in [-0.05, 0) is 43.9 Å². The Labute approximate surface area is 245 Å². The van der Waals surface area contributed by atoms with E-state index in [0.29, 0.717) is 38.9 Å². The maximum Gasteiger partial charge on any atom is 0.301 e. The maximum atomic E-state index is 15.6. The van der Waals surface area contributed by atoms with Gasteiger partial charge in [0.05, 0.1) is 22.4 Å². The lowest BCUT2D eigenvalue weighted by atomic mass is 9.88. The van der Waals surface area contributed by atoms with Gasteiger partial charge in [0.25, 0.3) is 5.56 Å². The lowest BCUT2D eigenvalue weighted by molar-refractivity contribution is -0.133. The van der Waals surface area contributed by atoms with Gasteiger partial charge in [-0.3, -0.25) is 18.9 Å². The van der Waals surface area contributed by atoms with Crippen LogP contribution in [0, 0.1) is 11.6 Å². The van der Waals surface area contributed by atoms with Crippen molar-refractivity contribution in [2.45, 2.75) is 44.4 Å². The van der Waals surface area contributed by atoms with Gasteiger partial charge in [-0.15, -0.1) is 0 Å². The summed E-state index contributed by atoms with van der Waals surface area (Å²) in [5.41, 5.74) is -3.27. The van der Waals surface area contributed by atoms with Crippen molar-refractivity contribution < 1.29 is 31.5 Å². The zero-order chi connectivity index (χ0) is 31.1. The predicted octanol–water partition coefficient (Wildman–Crippen LogP) is 2.15. The summed E-state index contributed by atoms with van der Waals surface area (Å²) < 4.78 is 73.4. The predicted molar refractivity (Wildman–Crippen MR) is 153 cm³/mol. The van der Waals surface area contributed by atoms with Crippen LogP contribution in [0.2, 0.25) is 0 Å². The molecule has 16 heteroatoms. The van der Waals surface area contributed by atoms with Crippen LogP contribution in [0.1, 0.15) is 32.6 Å². The number of carbonyl (C=O) groups excluding carboxylic acids is 1. The minimum atomic E-state index is -4.32. The van der Waals surface area contributed by atoms with Crippen LogP contribution in [-0.4, -0.2) is 87.7 Å². The summed E-state index contributed by atoms with van der Waals surface area (Å²) >= 11 is 0. The number of carbonyl (C=O) groups is 1. The molecule has 2 aliphatic rings. The molecule has 0 bridgehead atoms. The summed E-state index contributed by atoms with van der Waals surface area (Å²) in [6.07, 6.45) is 1.30. The maximum absolute atomic E-state index is 15.6. The average molecular weight is 624 g/mol. The molecule has 2 aromatic heterocycles. The van der Waals surface area contributed by atoms with Crippen molar-refractivity contribution >= 4 is 38.8 Å². The number of piperidine rings is 1. The first-order valence-corrected chi connectivity index (χ1v) is 15.2. The van der Waals surface area contributed by atoms with Gasteiger partial charge in [0.1, 0.15) is 17.6 Å². The van der Waals surface area contributed by atoms with E-state index in [9.17, 15) is 31.9 Å². The Kier molecular flexibility index (Phi) is 8.37. The summed E-state index contributed by atoms with van der Waals surface area (Å²) in [6.45, 7) is 2.28. The number of benzene rings is 1. The van der Waals surface area contributed by atoms with Gasteiger partial charge in [-0.1, -0.05) is 0 Å². The number of amides is 1. The molecule has 3 N–H and O–H groups in total. The van der Waals surface area contributed by atoms with E-state index in [1.807, 2.05) is 4.72 Å². The topological polar surface area (TPSA) is 150 Å². The minimum Gasteiger partial charge on any atom is -0.390 e. The van der Waals surface area contributed by atoms with Crippen LogP contribution in [0.5, 0.6) is 0 Å². The molecule has 12 nitrogen and oxygen atoms in total. The molecule has 2 saturated heterocycles. The third-order valence-electron chi connectivity index (χ3n) is 7.99. The van der Waals surface area contributed by atoms with E-state index in [4.69, 9.17) is 0 Å². The van der Waals surface area contributed by atoms with Crippen LogP contribution in [0.25, 0.3) is 22.2 Å². The number of nitrogens with zero attached hydrogens (tertiary/aromatic N) is 5. The number of alkyl halides is 1. The van der Waals surface area contributed by atoms with E-state index < -0.39 is 50.4 Å². The quantitative estimate of drug-likeness (QED) is 0.346. The van der Waals surface area contributed by atoms with Gasteiger partial charge in [0.15, 0.2) is 5.82 Å². The Morgan fingerprint density at radius 2 is 1.93 bits per heavy atom. The molecule has 1 atom stereocenters. The van der Waals surface area contributed by atoms with E-state index in [1.165, 1.54) is 26.2 Å². The summed E-state index contributed by atoms with van der Waals surface area (Å²) in [5.74, 6) is -2.25. The monoisotopic (exact) mass is 623 g/mol. The highest BCUT2D eigenvalue weighted by molar-refractivity contribution is 7.90. The minimum absolute atomic E-state index is 0.00772. The third-order valence-corrected chi connectivity index (χ3v) is 9.48. The average Bonchev–Trinajstić information content (AvgIpc) is 3.41. The second-order valence-electron chi connectivity index (χ2n) is 10.9. The van der Waals surface area contributed by atoms with Crippen LogP contribution in [0.4, 0.5) is 24.8 Å². The smallest absolute Gasteiger partial charge is 0.301 e. The number of pyridine rings is 1. The Morgan fingerprint density at radius 1 is 1.21 bits per heavy atom. The highest BCUT2D eigenvalue weighted by atomic mass is 32.2. The number of halogens is 3. The normalized spacial score (nSPS) is 19.1. The van der Waals surface area contributed by atoms with Crippen molar-refractivity contribution in [1.82, 2.24) is 23.7 Å². The van der Waals surface area contributed by atoms with Crippen molar-refractivity contribution in [3.8, 4) is 11.1 Å². The molecular weight excluding hydrogens is 591 g/mol. The van der Waals surface area contributed by atoms with Gasteiger partial charge in [0, 0.05) is 58.3 Å². The molecule has 0 saturated carbocycles. The molecule has 2 fully saturated rings. The number of hydrogen-bond donors (Lipinski definition) is 3. The van der Waals surface area contributed by atoms with Crippen LogP contribution >= 0.6 is 0 Å². The SMILES string of the molecule is CC(=O)N1CCC(O)(CCNc2ncc3cc(-c4c(F)ccc(NS(=O)(=O)N5CCC(F)C5)c4F)c(=O)n(C)c3n2)CC1. The van der Waals surface area contributed by atoms with E-state index in [1.54, 1.807) is 4.90 Å². The Balaban J connectivity index is 1.36. The van der Waals surface area contributed by atoms with Crippen molar-refractivity contribution in [3.05, 3.63) is 46.4 Å². The van der Waals surface area contributed by atoms with Crippen LogP contribution < -0.4 is 15.6 Å². The zero-order valence-corrected chi connectivity index (χ0v) is 24.4. The molecule has 4 heterocycles. The lowest BCUT2D eigenvalue weighted by Gasteiger charge is -2.37. The first kappa shape index (κ1) is 30.7. The highest BCUT2D eigenvalue weighted by Gasteiger charge is 2.34. The van der Waals surface area contributed by atoms with Gasteiger partial charge in [0.2, 0.25) is 11.9 Å². The number of likely N-dealkylation sites (tertiary alicyclic amines) is 1. The third kappa shape index (κ3) is 6.31. The van der Waals surface area contributed by atoms with Crippen LogP contribution in [0.15, 0.2) is 29.2 Å². The largest absolute Gasteiger partial charge is 0.390 e. The van der Waals surface area contributed by atoms with Gasteiger partial charge in [-0.25, -0.2) is 18.2 Å². The molecule has 5 rings (SSSR count). The second-order valence-corrected chi connectivity index (χ2v) is 12.6. The first-order chi connectivity index (χ1) is 20.3. The molecule has 2 aliphatic heterocycles. The molecule has 0 spiro atoms. The van der Waals surface area contributed by atoms with Crippen LogP contribution in [0.3, 0.4) is 0 Å². The second kappa shape index (κ2) is 11.7. The number of rotatable bonds is 8. The summed E-state index contributed by atoms with van der Waals surface area (Å²) in [4.78, 5) is 35.1. The lowest BCUT2D eigenvalue weighted by Crippen LogP contribution is -2.46. The molecule has 3 aromatic rings. The van der Waals surface area contributed by atoms with Gasteiger partial charge >= 0.3 is 10.2 Å². The molecule has 0 aliphatic carbocycles. The molecule has 1 amide bonds. The van der Waals surface area contributed by atoms with Crippen LogP contribution in [-0.2, 0) is 22.1 Å². The fraction of sp³-hybridized carbons (Fsp3) is 0.481. The summed E-state index contributed by atoms with van der Waals surface area (Å²) in [7, 11) is -2.95. The van der Waals surface area contributed by atoms with Gasteiger partial charge < -0.3 is 15.3 Å². The molecule has 1 aromatic carbocycles. The zero-order valence-electron chi connectivity index (χ0n) is 23.6. The van der Waals surface area contributed by atoms with E-state index >= 15 is 4.39 Å². The number of anilines is 2. The summed E-state index contributed by atoms with van der Waals surface area (Å²) in [5, 5.41) is 14.2. The molecule has 0 radical (unpaired) electrons. The number of fused-ring (bicyclic) bond motifs is 1. The van der Waals surface area contributed by atoms with E-state index in [2.05, 4.69) is 15.3 Å². The van der Waals surface area contributed by atoms with Crippen molar-refractivity contribution in [1.29, 1.82) is 0 Å². The number of aryl methyl sites for hydroxylation is 1. The highest BCUT2D eigenvalue weighted by Crippen LogP contribution is 2.32. The molecule has 43 heavy (non-hydrogen) atoms. The first-order valence-electron chi connectivity index (χ1n) is 13.8. The standard InChI is InChI=1S/C27H32F3N7O5S/c1-16(38)36-11-7-27(40,8-12-36)6-9-31-26-32-14-17-13-19(25(39)35(2)24(17)33-26)22-20(29)3-4-21(23(22)30)34-43(41,42)37-10-5-18(28)15-37/h3-4,13-14,18,34,40H,5-12,15H2,1-2H3,(H,31,32,33). The van der Waals surface area contributed by atoms with E-state index in [0.717, 1.165) is 21.0 Å². The number of aromatic nitrogens is 3. The Hall–Kier alpha value is -3.76. The van der Waals surface area contributed by atoms with Crippen molar-refractivity contribution in [3.63, 3.8) is 0 Å². The Bertz CT molecular complexity index is 1730. The van der Waals surface area contributed by atoms with Gasteiger partial charge in [-0.2, -0.15) is 17.7 Å². The molecule has 1 unspecified atom stereocenters. The summed E-state index contributed by atoms with van der Waals surface area (Å²) in [6, 6.07) is 2.95. The number of aliphatic hydroxyl groups is 1. The number of hydrogen-bond acceptors (Lipinski definition) is 8.